The van der Waals surface area contributed by atoms with Gasteiger partial charge in [-0.2, -0.15) is 11.8 Å². The summed E-state index contributed by atoms with van der Waals surface area (Å²) in [6.45, 7) is 6.33. The van der Waals surface area contributed by atoms with E-state index in [0.29, 0.717) is 11.7 Å². The molecule has 0 unspecified atom stereocenters. The Morgan fingerprint density at radius 1 is 1.44 bits per heavy atom. The maximum atomic E-state index is 11.6. The summed E-state index contributed by atoms with van der Waals surface area (Å²) in [5, 5.41) is 2.90. The lowest BCUT2D eigenvalue weighted by Gasteiger charge is -2.06. The molecule has 0 atom stereocenters. The van der Waals surface area contributed by atoms with Crippen molar-refractivity contribution in [1.29, 1.82) is 0 Å². The Morgan fingerprint density at radius 2 is 2.19 bits per heavy atom. The van der Waals surface area contributed by atoms with Gasteiger partial charge in [-0.15, -0.1) is 0 Å². The third kappa shape index (κ3) is 5.21. The van der Waals surface area contributed by atoms with Crippen LogP contribution in [0.25, 0.3) is 0 Å². The van der Waals surface area contributed by atoms with Gasteiger partial charge in [0.2, 0.25) is 5.91 Å². The molecule has 0 bridgehead atoms. The van der Waals surface area contributed by atoms with Crippen LogP contribution >= 0.6 is 11.8 Å². The molecular weight excluding hydrogens is 218 g/mol. The number of benzene rings is 1. The molecule has 0 fully saturated rings. The summed E-state index contributed by atoms with van der Waals surface area (Å²) in [7, 11) is 0. The average Bonchev–Trinajstić information content (AvgIpc) is 2.16. The van der Waals surface area contributed by atoms with E-state index in [1.165, 1.54) is 0 Å². The summed E-state index contributed by atoms with van der Waals surface area (Å²) in [6.07, 6.45) is 0. The van der Waals surface area contributed by atoms with Crippen molar-refractivity contribution >= 4 is 23.4 Å². The van der Waals surface area contributed by atoms with E-state index in [2.05, 4.69) is 19.2 Å². The molecule has 0 aliphatic heterocycles. The minimum Gasteiger partial charge on any atom is -0.325 e. The Balaban J connectivity index is 2.34. The SMILES string of the molecule is Cc1cccc(NC(=O)CSCC(C)C)c1. The molecule has 0 saturated heterocycles. The monoisotopic (exact) mass is 237 g/mol. The second-order valence-electron chi connectivity index (χ2n) is 4.33. The molecule has 0 saturated carbocycles. The number of aryl methyl sites for hydroxylation is 1. The van der Waals surface area contributed by atoms with Gasteiger partial charge in [0.25, 0.3) is 0 Å². The Bertz CT molecular complexity index is 350. The first-order chi connectivity index (χ1) is 7.58. The van der Waals surface area contributed by atoms with Crippen LogP contribution in [0.1, 0.15) is 19.4 Å². The van der Waals surface area contributed by atoms with Crippen molar-refractivity contribution in [1.82, 2.24) is 0 Å². The quantitative estimate of drug-likeness (QED) is 0.851. The number of hydrogen-bond acceptors (Lipinski definition) is 2. The number of amides is 1. The smallest absolute Gasteiger partial charge is 0.234 e. The third-order valence-corrected chi connectivity index (χ3v) is 3.35. The number of thioether (sulfide) groups is 1. The largest absolute Gasteiger partial charge is 0.325 e. The standard InChI is InChI=1S/C13H19NOS/c1-10(2)8-16-9-13(15)14-12-6-4-5-11(3)7-12/h4-7,10H,8-9H2,1-3H3,(H,14,15). The van der Waals surface area contributed by atoms with Crippen LogP contribution in [0, 0.1) is 12.8 Å². The van der Waals surface area contributed by atoms with Gasteiger partial charge in [-0.05, 0) is 36.3 Å². The van der Waals surface area contributed by atoms with E-state index < -0.39 is 0 Å². The van der Waals surface area contributed by atoms with Crippen LogP contribution in [0.4, 0.5) is 5.69 Å². The lowest BCUT2D eigenvalue weighted by atomic mass is 10.2. The van der Waals surface area contributed by atoms with Crippen molar-refractivity contribution in [2.24, 2.45) is 5.92 Å². The number of anilines is 1. The molecule has 1 N–H and O–H groups in total. The molecule has 1 amide bonds. The van der Waals surface area contributed by atoms with Gasteiger partial charge < -0.3 is 5.32 Å². The molecule has 3 heteroatoms. The highest BCUT2D eigenvalue weighted by Crippen LogP contribution is 2.11. The molecule has 0 heterocycles. The van der Waals surface area contributed by atoms with Gasteiger partial charge in [0.05, 0.1) is 5.75 Å². The van der Waals surface area contributed by atoms with Crippen LogP contribution in [0.2, 0.25) is 0 Å². The van der Waals surface area contributed by atoms with Crippen LogP contribution in [0.5, 0.6) is 0 Å². The van der Waals surface area contributed by atoms with Gasteiger partial charge >= 0.3 is 0 Å². The van der Waals surface area contributed by atoms with Gasteiger partial charge in [0, 0.05) is 5.69 Å². The van der Waals surface area contributed by atoms with Crippen molar-refractivity contribution in [3.8, 4) is 0 Å². The van der Waals surface area contributed by atoms with Crippen molar-refractivity contribution in [2.75, 3.05) is 16.8 Å². The van der Waals surface area contributed by atoms with E-state index in [1.54, 1.807) is 11.8 Å². The number of carbonyl (C=O) groups is 1. The van der Waals surface area contributed by atoms with Gasteiger partial charge in [0.15, 0.2) is 0 Å². The zero-order valence-corrected chi connectivity index (χ0v) is 10.9. The number of hydrogen-bond donors (Lipinski definition) is 1. The van der Waals surface area contributed by atoms with Gasteiger partial charge in [-0.1, -0.05) is 26.0 Å². The van der Waals surface area contributed by atoms with Crippen molar-refractivity contribution < 1.29 is 4.79 Å². The van der Waals surface area contributed by atoms with E-state index >= 15 is 0 Å². The summed E-state index contributed by atoms with van der Waals surface area (Å²) in [4.78, 5) is 11.6. The molecule has 16 heavy (non-hydrogen) atoms. The van der Waals surface area contributed by atoms with E-state index in [0.717, 1.165) is 17.0 Å². The lowest BCUT2D eigenvalue weighted by Crippen LogP contribution is -2.14. The first-order valence-electron chi connectivity index (χ1n) is 5.52. The highest BCUT2D eigenvalue weighted by atomic mass is 32.2. The number of nitrogens with one attached hydrogen (secondary N) is 1. The molecule has 0 aromatic heterocycles. The first kappa shape index (κ1) is 13.1. The van der Waals surface area contributed by atoms with Crippen LogP contribution < -0.4 is 5.32 Å². The average molecular weight is 237 g/mol. The van der Waals surface area contributed by atoms with Gasteiger partial charge in [0.1, 0.15) is 0 Å². The predicted octanol–water partition coefficient (Wildman–Crippen LogP) is 3.32. The number of carbonyl (C=O) groups excluding carboxylic acids is 1. The van der Waals surface area contributed by atoms with E-state index in [9.17, 15) is 4.79 Å². The lowest BCUT2D eigenvalue weighted by molar-refractivity contribution is -0.113. The van der Waals surface area contributed by atoms with Crippen molar-refractivity contribution in [3.05, 3.63) is 29.8 Å². The summed E-state index contributed by atoms with van der Waals surface area (Å²) >= 11 is 1.68. The van der Waals surface area contributed by atoms with Crippen molar-refractivity contribution in [2.45, 2.75) is 20.8 Å². The third-order valence-electron chi connectivity index (χ3n) is 1.99. The zero-order chi connectivity index (χ0) is 12.0. The molecular formula is C13H19NOS. The molecule has 0 aliphatic carbocycles. The molecule has 1 rings (SSSR count). The molecule has 2 nitrogen and oxygen atoms in total. The zero-order valence-electron chi connectivity index (χ0n) is 10.1. The summed E-state index contributed by atoms with van der Waals surface area (Å²) in [6, 6.07) is 7.86. The molecule has 0 aliphatic rings. The van der Waals surface area contributed by atoms with Crippen LogP contribution in [-0.2, 0) is 4.79 Å². The topological polar surface area (TPSA) is 29.1 Å². The van der Waals surface area contributed by atoms with E-state index in [1.807, 2.05) is 31.2 Å². The second kappa shape index (κ2) is 6.59. The number of rotatable bonds is 5. The van der Waals surface area contributed by atoms with E-state index in [-0.39, 0.29) is 5.91 Å². The molecule has 0 spiro atoms. The minimum atomic E-state index is 0.0799. The second-order valence-corrected chi connectivity index (χ2v) is 5.36. The molecule has 88 valence electrons. The Kier molecular flexibility index (Phi) is 5.39. The normalized spacial score (nSPS) is 10.5. The molecule has 0 radical (unpaired) electrons. The van der Waals surface area contributed by atoms with Crippen LogP contribution in [0.15, 0.2) is 24.3 Å². The Labute approximate surface area is 102 Å². The van der Waals surface area contributed by atoms with Gasteiger partial charge in [-0.25, -0.2) is 0 Å². The fourth-order valence-corrected chi connectivity index (χ4v) is 2.15. The minimum absolute atomic E-state index is 0.0799. The highest BCUT2D eigenvalue weighted by Gasteiger charge is 2.03. The van der Waals surface area contributed by atoms with Crippen LogP contribution in [0.3, 0.4) is 0 Å². The fraction of sp³-hybridized carbons (Fsp3) is 0.462. The first-order valence-corrected chi connectivity index (χ1v) is 6.67. The fourth-order valence-electron chi connectivity index (χ4n) is 1.31. The van der Waals surface area contributed by atoms with Crippen molar-refractivity contribution in [3.63, 3.8) is 0 Å². The Morgan fingerprint density at radius 3 is 2.81 bits per heavy atom. The highest BCUT2D eigenvalue weighted by molar-refractivity contribution is 7.99. The summed E-state index contributed by atoms with van der Waals surface area (Å²) in [5.74, 6) is 2.28. The summed E-state index contributed by atoms with van der Waals surface area (Å²) in [5.41, 5.74) is 2.04. The van der Waals surface area contributed by atoms with Gasteiger partial charge in [-0.3, -0.25) is 4.79 Å². The van der Waals surface area contributed by atoms with Crippen LogP contribution in [-0.4, -0.2) is 17.4 Å². The van der Waals surface area contributed by atoms with E-state index in [4.69, 9.17) is 0 Å². The molecule has 1 aromatic rings. The molecule has 1 aromatic carbocycles. The summed E-state index contributed by atoms with van der Waals surface area (Å²) < 4.78 is 0. The predicted molar refractivity (Wildman–Crippen MR) is 72.0 cm³/mol. The maximum absolute atomic E-state index is 11.6. The Hall–Kier alpha value is -0.960. The maximum Gasteiger partial charge on any atom is 0.234 e.